The first-order chi connectivity index (χ1) is 8.75. The van der Waals surface area contributed by atoms with Gasteiger partial charge in [0.2, 0.25) is 5.91 Å². The van der Waals surface area contributed by atoms with Crippen LogP contribution >= 0.6 is 11.6 Å². The normalized spacial score (nSPS) is 16.3. The van der Waals surface area contributed by atoms with Crippen LogP contribution in [0.2, 0.25) is 5.15 Å². The Kier molecular flexibility index (Phi) is 4.75. The van der Waals surface area contributed by atoms with Crippen molar-refractivity contribution >= 4 is 23.3 Å². The summed E-state index contributed by atoms with van der Waals surface area (Å²) in [7, 11) is 0. The monoisotopic (exact) mass is 268 g/mol. The van der Waals surface area contributed by atoms with Crippen molar-refractivity contribution in [3.8, 4) is 0 Å². The van der Waals surface area contributed by atoms with Crippen LogP contribution in [0.25, 0.3) is 0 Å². The summed E-state index contributed by atoms with van der Waals surface area (Å²) in [5, 5.41) is 0.246. The van der Waals surface area contributed by atoms with E-state index < -0.39 is 0 Å². The quantitative estimate of drug-likeness (QED) is 0.824. The van der Waals surface area contributed by atoms with Gasteiger partial charge in [-0.15, -0.1) is 0 Å². The maximum atomic E-state index is 11.7. The van der Waals surface area contributed by atoms with E-state index in [1.54, 1.807) is 0 Å². The Morgan fingerprint density at radius 3 is 2.72 bits per heavy atom. The number of hydrogen-bond acceptors (Lipinski definition) is 4. The third kappa shape index (κ3) is 3.84. The molecule has 0 atom stereocenters. The standard InChI is InChI=1S/C12H17ClN4O/c13-11-12(15-7-6-14-11)17-16-10(18)8-9-4-2-1-3-5-9/h6-7,9H,1-5,8H2,(H,15,17)(H,16,18). The Bertz CT molecular complexity index is 407. The fraction of sp³-hybridized carbons (Fsp3) is 0.583. The van der Waals surface area contributed by atoms with Crippen molar-refractivity contribution in [3.05, 3.63) is 17.5 Å². The van der Waals surface area contributed by atoms with E-state index in [2.05, 4.69) is 20.8 Å². The van der Waals surface area contributed by atoms with E-state index in [0.717, 1.165) is 12.8 Å². The zero-order valence-corrected chi connectivity index (χ0v) is 10.9. The van der Waals surface area contributed by atoms with Crippen LogP contribution in [0.1, 0.15) is 38.5 Å². The van der Waals surface area contributed by atoms with Crippen molar-refractivity contribution in [2.45, 2.75) is 38.5 Å². The Labute approximate surface area is 111 Å². The van der Waals surface area contributed by atoms with E-state index in [9.17, 15) is 4.79 Å². The second kappa shape index (κ2) is 6.54. The Balaban J connectivity index is 1.76. The first kappa shape index (κ1) is 13.1. The zero-order chi connectivity index (χ0) is 12.8. The maximum absolute atomic E-state index is 11.7. The average molecular weight is 269 g/mol. The molecule has 6 heteroatoms. The van der Waals surface area contributed by atoms with Gasteiger partial charge in [-0.05, 0) is 18.8 Å². The third-order valence-corrected chi connectivity index (χ3v) is 3.45. The van der Waals surface area contributed by atoms with E-state index in [1.807, 2.05) is 0 Å². The van der Waals surface area contributed by atoms with Gasteiger partial charge in [0.15, 0.2) is 11.0 Å². The second-order valence-electron chi connectivity index (χ2n) is 4.58. The predicted octanol–water partition coefficient (Wildman–Crippen LogP) is 2.54. The number of anilines is 1. The van der Waals surface area contributed by atoms with Crippen LogP contribution in [0.5, 0.6) is 0 Å². The van der Waals surface area contributed by atoms with Gasteiger partial charge in [0, 0.05) is 18.8 Å². The number of nitrogens with one attached hydrogen (secondary N) is 2. The second-order valence-corrected chi connectivity index (χ2v) is 4.94. The molecular formula is C12H17ClN4O. The van der Waals surface area contributed by atoms with Crippen LogP contribution in [0, 0.1) is 5.92 Å². The number of hydrazine groups is 1. The summed E-state index contributed by atoms with van der Waals surface area (Å²) in [4.78, 5) is 19.6. The molecule has 0 spiro atoms. The molecule has 2 rings (SSSR count). The Morgan fingerprint density at radius 2 is 2.00 bits per heavy atom. The minimum absolute atomic E-state index is 0.0244. The molecular weight excluding hydrogens is 252 g/mol. The summed E-state index contributed by atoms with van der Waals surface area (Å²) in [6.07, 6.45) is 9.65. The van der Waals surface area contributed by atoms with Gasteiger partial charge < -0.3 is 0 Å². The Hall–Kier alpha value is -1.36. The smallest absolute Gasteiger partial charge is 0.238 e. The minimum atomic E-state index is -0.0244. The fourth-order valence-electron chi connectivity index (χ4n) is 2.24. The van der Waals surface area contributed by atoms with Crippen LogP contribution in [0.3, 0.4) is 0 Å². The molecule has 1 aliphatic carbocycles. The van der Waals surface area contributed by atoms with Gasteiger partial charge in [0.25, 0.3) is 0 Å². The molecule has 2 N–H and O–H groups in total. The molecule has 1 amide bonds. The number of aromatic nitrogens is 2. The van der Waals surface area contributed by atoms with Gasteiger partial charge in [-0.2, -0.15) is 0 Å². The molecule has 0 radical (unpaired) electrons. The highest BCUT2D eigenvalue weighted by molar-refractivity contribution is 6.31. The van der Waals surface area contributed by atoms with Crippen molar-refractivity contribution in [1.29, 1.82) is 0 Å². The molecule has 5 nitrogen and oxygen atoms in total. The van der Waals surface area contributed by atoms with Crippen LogP contribution in [-0.4, -0.2) is 15.9 Å². The first-order valence-electron chi connectivity index (χ1n) is 6.27. The van der Waals surface area contributed by atoms with Gasteiger partial charge in [0.05, 0.1) is 0 Å². The van der Waals surface area contributed by atoms with Crippen molar-refractivity contribution < 1.29 is 4.79 Å². The van der Waals surface area contributed by atoms with Crippen LogP contribution in [-0.2, 0) is 4.79 Å². The summed E-state index contributed by atoms with van der Waals surface area (Å²) in [5.74, 6) is 0.859. The van der Waals surface area contributed by atoms with E-state index in [-0.39, 0.29) is 11.1 Å². The molecule has 0 aliphatic heterocycles. The molecule has 1 aliphatic rings. The fourth-order valence-corrected chi connectivity index (χ4v) is 2.39. The molecule has 0 aromatic carbocycles. The van der Waals surface area contributed by atoms with Gasteiger partial charge >= 0.3 is 0 Å². The highest BCUT2D eigenvalue weighted by atomic mass is 35.5. The van der Waals surface area contributed by atoms with Crippen LogP contribution < -0.4 is 10.9 Å². The molecule has 0 unspecified atom stereocenters. The molecule has 1 aromatic heterocycles. The lowest BCUT2D eigenvalue weighted by molar-refractivity contribution is -0.121. The van der Waals surface area contributed by atoms with Crippen LogP contribution in [0.4, 0.5) is 5.82 Å². The third-order valence-electron chi connectivity index (χ3n) is 3.17. The molecule has 1 saturated carbocycles. The number of hydrogen-bond donors (Lipinski definition) is 2. The molecule has 1 heterocycles. The number of amides is 1. The number of carbonyl (C=O) groups excluding carboxylic acids is 1. The Morgan fingerprint density at radius 1 is 1.28 bits per heavy atom. The van der Waals surface area contributed by atoms with E-state index in [0.29, 0.717) is 18.2 Å². The van der Waals surface area contributed by atoms with Crippen LogP contribution in [0.15, 0.2) is 12.4 Å². The number of rotatable bonds is 4. The van der Waals surface area contributed by atoms with Gasteiger partial charge in [-0.1, -0.05) is 30.9 Å². The zero-order valence-electron chi connectivity index (χ0n) is 10.2. The summed E-state index contributed by atoms with van der Waals surface area (Å²) >= 11 is 5.81. The SMILES string of the molecule is O=C(CC1CCCCC1)NNc1nccnc1Cl. The van der Waals surface area contributed by atoms with Gasteiger partial charge in [-0.25, -0.2) is 9.97 Å². The van der Waals surface area contributed by atoms with Crippen molar-refractivity contribution in [3.63, 3.8) is 0 Å². The molecule has 1 aromatic rings. The summed E-state index contributed by atoms with van der Waals surface area (Å²) in [6.45, 7) is 0. The minimum Gasteiger partial charge on any atom is -0.279 e. The van der Waals surface area contributed by atoms with Gasteiger partial charge in [-0.3, -0.25) is 15.6 Å². The van der Waals surface area contributed by atoms with Crippen molar-refractivity contribution in [2.24, 2.45) is 5.92 Å². The number of carbonyl (C=O) groups is 1. The topological polar surface area (TPSA) is 66.9 Å². The lowest BCUT2D eigenvalue weighted by Crippen LogP contribution is -2.31. The summed E-state index contributed by atoms with van der Waals surface area (Å²) < 4.78 is 0. The maximum Gasteiger partial charge on any atom is 0.238 e. The molecule has 1 fully saturated rings. The highest BCUT2D eigenvalue weighted by Crippen LogP contribution is 2.26. The predicted molar refractivity (Wildman–Crippen MR) is 70.0 cm³/mol. The van der Waals surface area contributed by atoms with E-state index in [4.69, 9.17) is 11.6 Å². The summed E-state index contributed by atoms with van der Waals surface area (Å²) in [5.41, 5.74) is 5.31. The lowest BCUT2D eigenvalue weighted by Gasteiger charge is -2.20. The average Bonchev–Trinajstić information content (AvgIpc) is 2.39. The first-order valence-corrected chi connectivity index (χ1v) is 6.65. The highest BCUT2D eigenvalue weighted by Gasteiger charge is 2.17. The molecule has 18 heavy (non-hydrogen) atoms. The van der Waals surface area contributed by atoms with Gasteiger partial charge in [0.1, 0.15) is 0 Å². The number of halogens is 1. The molecule has 0 saturated heterocycles. The largest absolute Gasteiger partial charge is 0.279 e. The lowest BCUT2D eigenvalue weighted by atomic mass is 9.87. The van der Waals surface area contributed by atoms with E-state index >= 15 is 0 Å². The molecule has 0 bridgehead atoms. The van der Waals surface area contributed by atoms with Crippen molar-refractivity contribution in [2.75, 3.05) is 5.43 Å². The molecule has 98 valence electrons. The van der Waals surface area contributed by atoms with Crippen molar-refractivity contribution in [1.82, 2.24) is 15.4 Å². The number of nitrogens with zero attached hydrogens (tertiary/aromatic N) is 2. The van der Waals surface area contributed by atoms with E-state index in [1.165, 1.54) is 31.7 Å². The summed E-state index contributed by atoms with van der Waals surface area (Å²) in [6, 6.07) is 0.